The maximum absolute atomic E-state index is 15.2. The fraction of sp³-hybridized carbons (Fsp3) is 0.520. The van der Waals surface area contributed by atoms with Crippen LogP contribution in [0.1, 0.15) is 75.0 Å². The van der Waals surface area contributed by atoms with Gasteiger partial charge in [-0.05, 0) is 46.9 Å². The molecule has 2 aromatic heterocycles. The number of benzene rings is 1. The molecule has 0 saturated heterocycles. The van der Waals surface area contributed by atoms with Crippen LogP contribution in [0.15, 0.2) is 41.6 Å². The van der Waals surface area contributed by atoms with E-state index in [2.05, 4.69) is 17.0 Å². The summed E-state index contributed by atoms with van der Waals surface area (Å²) in [7, 11) is 0. The van der Waals surface area contributed by atoms with E-state index in [9.17, 15) is 9.50 Å². The highest BCUT2D eigenvalue weighted by Crippen LogP contribution is 2.34. The first kappa shape index (κ1) is 24.5. The first-order chi connectivity index (χ1) is 15.5. The minimum absolute atomic E-state index is 0.0375. The van der Waals surface area contributed by atoms with Gasteiger partial charge in [0.15, 0.2) is 0 Å². The topological polar surface area (TPSA) is 50.9 Å². The second-order valence-electron chi connectivity index (χ2n) is 8.58. The van der Waals surface area contributed by atoms with Crippen molar-refractivity contribution in [2.75, 3.05) is 0 Å². The van der Waals surface area contributed by atoms with Gasteiger partial charge in [-0.25, -0.2) is 18.4 Å². The van der Waals surface area contributed by atoms with Gasteiger partial charge >= 0.3 is 0 Å². The molecule has 0 saturated carbocycles. The number of aryl methyl sites for hydroxylation is 1. The Kier molecular flexibility index (Phi) is 9.36. The molecule has 1 aromatic carbocycles. The lowest BCUT2D eigenvalue weighted by molar-refractivity contribution is 0.0108. The average Bonchev–Trinajstić information content (AvgIpc) is 3.43. The molecule has 174 valence electrons. The van der Waals surface area contributed by atoms with Crippen molar-refractivity contribution in [1.82, 2.24) is 14.8 Å². The van der Waals surface area contributed by atoms with Crippen LogP contribution in [0.2, 0.25) is 0 Å². The summed E-state index contributed by atoms with van der Waals surface area (Å²) in [5, 5.41) is 19.7. The van der Waals surface area contributed by atoms with Crippen molar-refractivity contribution in [2.45, 2.75) is 83.3 Å². The van der Waals surface area contributed by atoms with Crippen LogP contribution in [0.5, 0.6) is 0 Å². The van der Waals surface area contributed by atoms with Crippen molar-refractivity contribution in [2.24, 2.45) is 0 Å². The predicted octanol–water partition coefficient (Wildman–Crippen LogP) is 6.43. The van der Waals surface area contributed by atoms with Crippen LogP contribution >= 0.6 is 11.3 Å². The third-order valence-corrected chi connectivity index (χ3v) is 6.60. The van der Waals surface area contributed by atoms with Crippen LogP contribution in [0.4, 0.5) is 8.78 Å². The highest BCUT2D eigenvalue weighted by atomic mass is 32.1. The molecular weight excluding hydrogens is 428 g/mol. The number of aliphatic hydroxyl groups is 1. The summed E-state index contributed by atoms with van der Waals surface area (Å²) < 4.78 is 30.8. The maximum Gasteiger partial charge on any atom is 0.137 e. The number of rotatable bonds is 14. The summed E-state index contributed by atoms with van der Waals surface area (Å²) in [6.45, 7) is 2.24. The minimum Gasteiger partial charge on any atom is -0.383 e. The highest BCUT2D eigenvalue weighted by molar-refractivity contribution is 7.07. The van der Waals surface area contributed by atoms with Crippen LogP contribution in [-0.2, 0) is 25.0 Å². The van der Waals surface area contributed by atoms with Gasteiger partial charge in [-0.15, -0.1) is 0 Å². The second kappa shape index (κ2) is 12.2. The molecule has 4 nitrogen and oxygen atoms in total. The molecule has 0 spiro atoms. The van der Waals surface area contributed by atoms with Gasteiger partial charge in [0, 0.05) is 18.1 Å². The Morgan fingerprint density at radius 1 is 1.06 bits per heavy atom. The molecule has 0 fully saturated rings. The lowest BCUT2D eigenvalue weighted by Crippen LogP contribution is -2.36. The van der Waals surface area contributed by atoms with Crippen LogP contribution < -0.4 is 0 Å². The zero-order chi connectivity index (χ0) is 22.8. The molecule has 0 aliphatic rings. The number of aromatic nitrogens is 3. The van der Waals surface area contributed by atoms with Crippen molar-refractivity contribution in [1.29, 1.82) is 0 Å². The molecule has 1 unspecified atom stereocenters. The second-order valence-corrected chi connectivity index (χ2v) is 9.36. The summed E-state index contributed by atoms with van der Waals surface area (Å²) in [4.78, 5) is 3.94. The number of halogens is 2. The van der Waals surface area contributed by atoms with E-state index in [0.29, 0.717) is 12.0 Å². The molecule has 32 heavy (non-hydrogen) atoms. The zero-order valence-electron chi connectivity index (χ0n) is 18.8. The first-order valence-electron chi connectivity index (χ1n) is 11.6. The Morgan fingerprint density at radius 2 is 1.81 bits per heavy atom. The number of thiophene rings is 1. The summed E-state index contributed by atoms with van der Waals surface area (Å²) in [5.74, 6) is -1.32. The van der Waals surface area contributed by atoms with E-state index in [1.54, 1.807) is 0 Å². The minimum atomic E-state index is -1.57. The Labute approximate surface area is 193 Å². The van der Waals surface area contributed by atoms with Gasteiger partial charge in [0.25, 0.3) is 0 Å². The first-order valence-corrected chi connectivity index (χ1v) is 12.5. The molecule has 0 amide bonds. The molecule has 7 heteroatoms. The molecule has 3 aromatic rings. The van der Waals surface area contributed by atoms with Gasteiger partial charge < -0.3 is 5.11 Å². The van der Waals surface area contributed by atoms with E-state index < -0.39 is 17.2 Å². The molecule has 0 aliphatic carbocycles. The quantitative estimate of drug-likeness (QED) is 0.281. The van der Waals surface area contributed by atoms with Crippen LogP contribution in [-0.4, -0.2) is 19.9 Å². The van der Waals surface area contributed by atoms with Crippen molar-refractivity contribution in [3.63, 3.8) is 0 Å². The summed E-state index contributed by atoms with van der Waals surface area (Å²) in [6.07, 6.45) is 12.8. The SMILES string of the molecule is CCCCCCCCCCc1cc(F)cc(F)c1C(O)(Cc1ccsc1)Cn1cncn1. The molecule has 0 bridgehead atoms. The van der Waals surface area contributed by atoms with E-state index in [4.69, 9.17) is 0 Å². The monoisotopic (exact) mass is 461 g/mol. The molecule has 1 atom stereocenters. The Bertz CT molecular complexity index is 893. The molecule has 0 aliphatic heterocycles. The molecular formula is C25H33F2N3OS. The van der Waals surface area contributed by atoms with Crippen LogP contribution in [0.3, 0.4) is 0 Å². The molecule has 0 radical (unpaired) electrons. The lowest BCUT2D eigenvalue weighted by atomic mass is 9.83. The van der Waals surface area contributed by atoms with Crippen LogP contribution in [0, 0.1) is 11.6 Å². The van der Waals surface area contributed by atoms with Gasteiger partial charge in [0.05, 0.1) is 6.54 Å². The Morgan fingerprint density at radius 3 is 2.47 bits per heavy atom. The van der Waals surface area contributed by atoms with Gasteiger partial charge in [0.1, 0.15) is 29.9 Å². The summed E-state index contributed by atoms with van der Waals surface area (Å²) in [6, 6.07) is 4.16. The fourth-order valence-electron chi connectivity index (χ4n) is 4.33. The summed E-state index contributed by atoms with van der Waals surface area (Å²) in [5.41, 5.74) is 0.0384. The number of hydrogen-bond acceptors (Lipinski definition) is 4. The van der Waals surface area contributed by atoms with Crippen molar-refractivity contribution in [3.05, 3.63) is 69.9 Å². The van der Waals surface area contributed by atoms with E-state index in [1.807, 2.05) is 16.8 Å². The lowest BCUT2D eigenvalue weighted by Gasteiger charge is -2.31. The van der Waals surface area contributed by atoms with E-state index >= 15 is 4.39 Å². The number of nitrogens with zero attached hydrogens (tertiary/aromatic N) is 3. The smallest absolute Gasteiger partial charge is 0.137 e. The maximum atomic E-state index is 15.2. The Hall–Kier alpha value is -2.12. The Balaban J connectivity index is 1.78. The normalized spacial score (nSPS) is 13.4. The number of unbranched alkanes of at least 4 members (excludes halogenated alkanes) is 7. The average molecular weight is 462 g/mol. The van der Waals surface area contributed by atoms with E-state index in [0.717, 1.165) is 30.9 Å². The number of hydrogen-bond donors (Lipinski definition) is 1. The van der Waals surface area contributed by atoms with Crippen molar-refractivity contribution in [3.8, 4) is 0 Å². The van der Waals surface area contributed by atoms with Crippen molar-refractivity contribution >= 4 is 11.3 Å². The molecule has 1 N–H and O–H groups in total. The van der Waals surface area contributed by atoms with E-state index in [-0.39, 0.29) is 18.5 Å². The van der Waals surface area contributed by atoms with Crippen molar-refractivity contribution < 1.29 is 13.9 Å². The molecule has 3 rings (SSSR count). The van der Waals surface area contributed by atoms with Gasteiger partial charge in [-0.2, -0.15) is 16.4 Å². The third kappa shape index (κ3) is 6.94. The van der Waals surface area contributed by atoms with Gasteiger partial charge in [-0.1, -0.05) is 51.9 Å². The van der Waals surface area contributed by atoms with Crippen LogP contribution in [0.25, 0.3) is 0 Å². The zero-order valence-corrected chi connectivity index (χ0v) is 19.6. The standard InChI is InChI=1S/C25H33F2N3OS/c1-2-3-4-5-6-7-8-9-10-21-13-22(26)14-23(27)24(21)25(31,15-20-11-12-32-16-20)17-30-19-28-18-29-30/h11-14,16,18-19,31H,2-10,15,17H2,1H3. The highest BCUT2D eigenvalue weighted by Gasteiger charge is 2.36. The molecule has 2 heterocycles. The largest absolute Gasteiger partial charge is 0.383 e. The van der Waals surface area contributed by atoms with Gasteiger partial charge in [0.2, 0.25) is 0 Å². The van der Waals surface area contributed by atoms with E-state index in [1.165, 1.54) is 66.8 Å². The summed E-state index contributed by atoms with van der Waals surface area (Å²) >= 11 is 1.52. The van der Waals surface area contributed by atoms with Gasteiger partial charge in [-0.3, -0.25) is 0 Å². The fourth-order valence-corrected chi connectivity index (χ4v) is 5.00. The third-order valence-electron chi connectivity index (χ3n) is 5.87. The predicted molar refractivity (Wildman–Crippen MR) is 125 cm³/mol.